The second-order valence-corrected chi connectivity index (χ2v) is 10.2. The molecule has 1 aromatic heterocycles. The standard InChI is InChI=1S/C30H31N3O2.C4H4O4/c34-26(21-25-13-7-15-28-27(25)14-8-16-31-28)22-32-17-19-33(20-18-32)30(35)29(23-9-3-1-4-10-23)24-11-5-2-6-12-24;5-3(6)1-2-4(7)8/h1-16,26,29,34H,17-22H2;1-2H,(H,5,6)(H,7,8)/b;2-1+. The first-order valence-electron chi connectivity index (χ1n) is 14.1. The third kappa shape index (κ3) is 9.06. The van der Waals surface area contributed by atoms with Crippen molar-refractivity contribution in [3.8, 4) is 0 Å². The Morgan fingerprint density at radius 1 is 0.744 bits per heavy atom. The number of aliphatic hydroxyl groups is 1. The minimum atomic E-state index is -1.26. The molecule has 2 heterocycles. The molecule has 1 atom stereocenters. The maximum absolute atomic E-state index is 13.6. The predicted octanol–water partition coefficient (Wildman–Crippen LogP) is 3.83. The molecule has 1 aliphatic heterocycles. The Morgan fingerprint density at radius 3 is 1.88 bits per heavy atom. The van der Waals surface area contributed by atoms with Gasteiger partial charge in [0.2, 0.25) is 5.91 Å². The Kier molecular flexibility index (Phi) is 11.1. The zero-order valence-electron chi connectivity index (χ0n) is 23.7. The fourth-order valence-electron chi connectivity index (χ4n) is 5.21. The Balaban J connectivity index is 0.000000467. The molecular weight excluding hydrogens is 546 g/mol. The van der Waals surface area contributed by atoms with Crippen LogP contribution in [0.25, 0.3) is 10.9 Å². The Labute approximate surface area is 250 Å². The quantitative estimate of drug-likeness (QED) is 0.254. The lowest BCUT2D eigenvalue weighted by Crippen LogP contribution is -2.51. The van der Waals surface area contributed by atoms with E-state index in [1.165, 1.54) is 0 Å². The number of carboxylic acids is 2. The fourth-order valence-corrected chi connectivity index (χ4v) is 5.21. The van der Waals surface area contributed by atoms with Crippen LogP contribution in [0.15, 0.2) is 109 Å². The molecule has 0 radical (unpaired) electrons. The van der Waals surface area contributed by atoms with Gasteiger partial charge in [-0.05, 0) is 28.8 Å². The van der Waals surface area contributed by atoms with Gasteiger partial charge < -0.3 is 20.2 Å². The third-order valence-electron chi connectivity index (χ3n) is 7.23. The van der Waals surface area contributed by atoms with Gasteiger partial charge in [0.1, 0.15) is 0 Å². The second-order valence-electron chi connectivity index (χ2n) is 10.2. The molecule has 0 spiro atoms. The van der Waals surface area contributed by atoms with E-state index in [0.717, 1.165) is 40.7 Å². The summed E-state index contributed by atoms with van der Waals surface area (Å²) in [7, 11) is 0. The molecule has 3 aromatic carbocycles. The average molecular weight is 582 g/mol. The largest absolute Gasteiger partial charge is 0.478 e. The molecule has 222 valence electrons. The number of pyridine rings is 1. The van der Waals surface area contributed by atoms with Crippen molar-refractivity contribution in [1.29, 1.82) is 0 Å². The molecule has 9 heteroatoms. The highest BCUT2D eigenvalue weighted by molar-refractivity contribution is 5.89. The number of rotatable bonds is 9. The van der Waals surface area contributed by atoms with Crippen molar-refractivity contribution in [3.05, 3.63) is 126 Å². The van der Waals surface area contributed by atoms with Crippen LogP contribution in [-0.4, -0.2) is 86.8 Å². The van der Waals surface area contributed by atoms with Crippen LogP contribution in [0.2, 0.25) is 0 Å². The summed E-state index contributed by atoms with van der Waals surface area (Å²) < 4.78 is 0. The Morgan fingerprint density at radius 2 is 1.33 bits per heavy atom. The molecule has 1 unspecified atom stereocenters. The minimum absolute atomic E-state index is 0.144. The number of nitrogens with zero attached hydrogens (tertiary/aromatic N) is 3. The van der Waals surface area contributed by atoms with Crippen LogP contribution >= 0.6 is 0 Å². The second kappa shape index (κ2) is 15.4. The first kappa shape index (κ1) is 31.1. The molecule has 1 amide bonds. The summed E-state index contributed by atoms with van der Waals surface area (Å²) >= 11 is 0. The topological polar surface area (TPSA) is 131 Å². The van der Waals surface area contributed by atoms with Crippen molar-refractivity contribution < 1.29 is 29.7 Å². The molecule has 1 saturated heterocycles. The van der Waals surface area contributed by atoms with Crippen molar-refractivity contribution in [2.75, 3.05) is 32.7 Å². The lowest BCUT2D eigenvalue weighted by molar-refractivity contribution is -0.134. The molecule has 9 nitrogen and oxygen atoms in total. The highest BCUT2D eigenvalue weighted by Gasteiger charge is 2.30. The van der Waals surface area contributed by atoms with Crippen LogP contribution in [0.4, 0.5) is 0 Å². The first-order chi connectivity index (χ1) is 20.8. The molecule has 0 bridgehead atoms. The third-order valence-corrected chi connectivity index (χ3v) is 7.23. The number of β-amino-alcohol motifs (C(OH)–C–C–N with tert-alkyl or cyclic N) is 1. The van der Waals surface area contributed by atoms with Gasteiger partial charge in [-0.15, -0.1) is 0 Å². The van der Waals surface area contributed by atoms with Gasteiger partial charge in [0, 0.05) is 62.9 Å². The lowest BCUT2D eigenvalue weighted by Gasteiger charge is -2.37. The van der Waals surface area contributed by atoms with Crippen molar-refractivity contribution >= 4 is 28.7 Å². The smallest absolute Gasteiger partial charge is 0.328 e. The predicted molar refractivity (Wildman–Crippen MR) is 164 cm³/mol. The molecule has 3 N–H and O–H groups in total. The van der Waals surface area contributed by atoms with Crippen LogP contribution in [-0.2, 0) is 20.8 Å². The van der Waals surface area contributed by atoms with Gasteiger partial charge in [-0.2, -0.15) is 0 Å². The zero-order valence-corrected chi connectivity index (χ0v) is 23.7. The van der Waals surface area contributed by atoms with Crippen molar-refractivity contribution in [2.45, 2.75) is 18.4 Å². The summed E-state index contributed by atoms with van der Waals surface area (Å²) in [6, 6.07) is 30.1. The molecule has 43 heavy (non-hydrogen) atoms. The normalized spacial score (nSPS) is 14.3. The number of carboxylic acid groups (broad SMARTS) is 2. The molecule has 0 aliphatic carbocycles. The monoisotopic (exact) mass is 581 g/mol. The van der Waals surface area contributed by atoms with E-state index >= 15 is 0 Å². The highest BCUT2D eigenvalue weighted by atomic mass is 16.4. The number of aliphatic hydroxyl groups excluding tert-OH is 1. The van der Waals surface area contributed by atoms with Crippen LogP contribution in [0.5, 0.6) is 0 Å². The fraction of sp³-hybridized carbons (Fsp3) is 0.235. The van der Waals surface area contributed by atoms with Crippen LogP contribution in [0.3, 0.4) is 0 Å². The van der Waals surface area contributed by atoms with Crippen molar-refractivity contribution in [2.24, 2.45) is 0 Å². The zero-order chi connectivity index (χ0) is 30.6. The van der Waals surface area contributed by atoms with E-state index in [1.807, 2.05) is 83.8 Å². The maximum atomic E-state index is 13.6. The molecule has 5 rings (SSSR count). The van der Waals surface area contributed by atoms with E-state index in [0.29, 0.717) is 38.2 Å². The van der Waals surface area contributed by atoms with Crippen molar-refractivity contribution in [3.63, 3.8) is 0 Å². The van der Waals surface area contributed by atoms with Crippen molar-refractivity contribution in [1.82, 2.24) is 14.8 Å². The number of amides is 1. The number of fused-ring (bicyclic) bond motifs is 1. The van der Waals surface area contributed by atoms with Gasteiger partial charge >= 0.3 is 11.9 Å². The van der Waals surface area contributed by atoms with E-state index < -0.39 is 18.0 Å². The molecule has 1 fully saturated rings. The van der Waals surface area contributed by atoms with E-state index in [9.17, 15) is 19.5 Å². The minimum Gasteiger partial charge on any atom is -0.478 e. The first-order valence-corrected chi connectivity index (χ1v) is 14.1. The SMILES string of the molecule is O=C(C(c1ccccc1)c1ccccc1)N1CCN(CC(O)Cc2cccc3ncccc23)CC1.O=C(O)/C=C/C(=O)O. The summed E-state index contributed by atoms with van der Waals surface area (Å²) in [5.74, 6) is -2.67. The summed E-state index contributed by atoms with van der Waals surface area (Å²) in [6.07, 6.45) is 3.03. The number of piperazine rings is 1. The summed E-state index contributed by atoms with van der Waals surface area (Å²) in [4.78, 5) is 41.4. The molecule has 0 saturated carbocycles. The van der Waals surface area contributed by atoms with Gasteiger partial charge in [-0.3, -0.25) is 14.7 Å². The summed E-state index contributed by atoms with van der Waals surface area (Å²) in [5, 5.41) is 27.6. The maximum Gasteiger partial charge on any atom is 0.328 e. The van der Waals surface area contributed by atoms with Gasteiger partial charge in [0.05, 0.1) is 17.5 Å². The number of hydrogen-bond donors (Lipinski definition) is 3. The number of carbonyl (C=O) groups is 3. The lowest BCUT2D eigenvalue weighted by atomic mass is 9.90. The highest BCUT2D eigenvalue weighted by Crippen LogP contribution is 2.27. The van der Waals surface area contributed by atoms with Gasteiger partial charge in [0.15, 0.2) is 0 Å². The molecule has 4 aromatic rings. The van der Waals surface area contributed by atoms with E-state index in [2.05, 4.69) is 22.0 Å². The van der Waals surface area contributed by atoms with Gasteiger partial charge in [0.25, 0.3) is 0 Å². The summed E-state index contributed by atoms with van der Waals surface area (Å²) in [6.45, 7) is 3.45. The number of carbonyl (C=O) groups excluding carboxylic acids is 1. The Hall–Kier alpha value is -4.86. The average Bonchev–Trinajstić information content (AvgIpc) is 3.02. The van der Waals surface area contributed by atoms with Crippen LogP contribution in [0.1, 0.15) is 22.6 Å². The van der Waals surface area contributed by atoms with E-state index in [-0.39, 0.29) is 11.8 Å². The van der Waals surface area contributed by atoms with Gasteiger partial charge in [-0.1, -0.05) is 78.9 Å². The number of aromatic nitrogens is 1. The molecule has 1 aliphatic rings. The summed E-state index contributed by atoms with van der Waals surface area (Å²) in [5.41, 5.74) is 4.11. The number of benzene rings is 3. The number of aliphatic carboxylic acids is 2. The van der Waals surface area contributed by atoms with Crippen LogP contribution in [0, 0.1) is 0 Å². The molecular formula is C34H35N3O6. The van der Waals surface area contributed by atoms with E-state index in [4.69, 9.17) is 10.2 Å². The van der Waals surface area contributed by atoms with Gasteiger partial charge in [-0.25, -0.2) is 9.59 Å². The number of hydrogen-bond acceptors (Lipinski definition) is 6. The van der Waals surface area contributed by atoms with Crippen LogP contribution < -0.4 is 0 Å². The van der Waals surface area contributed by atoms with E-state index in [1.54, 1.807) is 6.20 Å². The Bertz CT molecular complexity index is 1480.